The van der Waals surface area contributed by atoms with E-state index in [4.69, 9.17) is 4.74 Å². The van der Waals surface area contributed by atoms with Gasteiger partial charge in [-0.1, -0.05) is 66.7 Å². The fourth-order valence-electron chi connectivity index (χ4n) is 6.46. The third-order valence-electron chi connectivity index (χ3n) is 9.07. The van der Waals surface area contributed by atoms with Crippen molar-refractivity contribution in [3.8, 4) is 16.9 Å². The van der Waals surface area contributed by atoms with Gasteiger partial charge in [0.25, 0.3) is 0 Å². The van der Waals surface area contributed by atoms with Crippen molar-refractivity contribution in [1.29, 1.82) is 0 Å². The number of halogens is 1. The summed E-state index contributed by atoms with van der Waals surface area (Å²) in [4.78, 5) is 0. The summed E-state index contributed by atoms with van der Waals surface area (Å²) in [6.07, 6.45) is -7.21. The number of para-hydroxylation sites is 1. The lowest BCUT2D eigenvalue weighted by Crippen LogP contribution is -2.58. The van der Waals surface area contributed by atoms with Gasteiger partial charge in [0.15, 0.2) is 0 Å². The van der Waals surface area contributed by atoms with Crippen molar-refractivity contribution in [2.24, 2.45) is 0 Å². The van der Waals surface area contributed by atoms with Crippen molar-refractivity contribution in [1.82, 2.24) is 0 Å². The van der Waals surface area contributed by atoms with Crippen LogP contribution in [0.1, 0.15) is 47.8 Å². The number of aliphatic hydroxyl groups excluding tert-OH is 5. The van der Waals surface area contributed by atoms with E-state index in [9.17, 15) is 43.4 Å². The molecule has 4 aromatic carbocycles. The Hall–Kier alpha value is -3.88. The van der Waals surface area contributed by atoms with Gasteiger partial charge in [-0.05, 0) is 65.4 Å². The lowest BCUT2D eigenvalue weighted by molar-refractivity contribution is -0.231. The summed E-state index contributed by atoms with van der Waals surface area (Å²) in [6.45, 7) is -0.537. The molecule has 0 aliphatic carbocycles. The zero-order valence-electron chi connectivity index (χ0n) is 25.1. The summed E-state index contributed by atoms with van der Waals surface area (Å²) in [7, 11) is -3.84. The summed E-state index contributed by atoms with van der Waals surface area (Å²) in [5, 5.41) is 61.3. The largest absolute Gasteiger partial charge is 0.508 e. The molecule has 4 aromatic rings. The first-order valence-electron chi connectivity index (χ1n) is 15.3. The summed E-state index contributed by atoms with van der Waals surface area (Å²) in [5.41, 5.74) is 3.15. The molecule has 0 amide bonds. The third-order valence-corrected chi connectivity index (χ3v) is 11.3. The highest BCUT2D eigenvalue weighted by Crippen LogP contribution is 2.50. The van der Waals surface area contributed by atoms with Gasteiger partial charge in [-0.15, -0.1) is 0 Å². The van der Waals surface area contributed by atoms with Crippen LogP contribution in [0.4, 0.5) is 10.1 Å². The number of hydrogen-bond donors (Lipinski definition) is 6. The van der Waals surface area contributed by atoms with Gasteiger partial charge < -0.3 is 35.4 Å². The maximum atomic E-state index is 13.6. The minimum Gasteiger partial charge on any atom is -0.508 e. The molecule has 2 aliphatic rings. The molecule has 0 spiro atoms. The molecule has 0 radical (unpaired) electrons. The fourth-order valence-corrected chi connectivity index (χ4v) is 8.58. The molecule has 0 bridgehead atoms. The normalized spacial score (nSPS) is 27.6. The summed E-state index contributed by atoms with van der Waals surface area (Å²) < 4.78 is 47.6. The van der Waals surface area contributed by atoms with Gasteiger partial charge in [0.2, 0.25) is 10.0 Å². The van der Waals surface area contributed by atoms with Crippen LogP contribution < -0.4 is 4.31 Å². The molecule has 47 heavy (non-hydrogen) atoms. The number of phenolic OH excluding ortho intramolecular Hbond substituents is 1. The third kappa shape index (κ3) is 6.25. The van der Waals surface area contributed by atoms with Crippen LogP contribution in [-0.4, -0.2) is 75.3 Å². The Bertz CT molecular complexity index is 1790. The Labute approximate surface area is 271 Å². The van der Waals surface area contributed by atoms with Crippen molar-refractivity contribution in [2.45, 2.75) is 60.8 Å². The van der Waals surface area contributed by atoms with Gasteiger partial charge in [-0.25, -0.2) is 12.8 Å². The predicted octanol–water partition coefficient (Wildman–Crippen LogP) is 3.49. The first kappa shape index (κ1) is 33.0. The molecule has 12 heteroatoms. The van der Waals surface area contributed by atoms with Crippen LogP contribution >= 0.6 is 0 Å². The molecule has 8 atom stereocenters. The second-order valence-corrected chi connectivity index (χ2v) is 14.0. The number of benzene rings is 4. The van der Waals surface area contributed by atoms with Crippen LogP contribution in [0.15, 0.2) is 97.1 Å². The van der Waals surface area contributed by atoms with Crippen molar-refractivity contribution in [2.75, 3.05) is 10.9 Å². The fraction of sp³-hybridized carbons (Fsp3) is 0.314. The molecule has 2 aliphatic heterocycles. The van der Waals surface area contributed by atoms with Crippen LogP contribution in [0.5, 0.6) is 5.75 Å². The first-order valence-corrected chi connectivity index (χ1v) is 16.8. The van der Waals surface area contributed by atoms with Gasteiger partial charge in [0.05, 0.1) is 24.4 Å². The van der Waals surface area contributed by atoms with Crippen molar-refractivity contribution >= 4 is 15.7 Å². The standard InChI is InChI=1S/C35H36FNO9S/c36-24-13-10-21(11-14-24)27(39)16-17-30-31(37(47(30,44)45)25-4-2-1-3-5-25)26-15-12-23(18-28(26)40)20-6-8-22(9-7-20)35-34(43)33(42)32(41)29(19-38)46-35/h1-15,18,27,29-35,38-43H,16-17,19H2/t27-,29+,30-,31+,32+,33-,34+,35-/m0/s1. The van der Waals surface area contributed by atoms with E-state index in [1.807, 2.05) is 0 Å². The number of hydrogen-bond acceptors (Lipinski definition) is 9. The maximum absolute atomic E-state index is 13.6. The minimum atomic E-state index is -3.84. The van der Waals surface area contributed by atoms with E-state index in [0.717, 1.165) is 0 Å². The van der Waals surface area contributed by atoms with Crippen LogP contribution in [0.25, 0.3) is 11.1 Å². The smallest absolute Gasteiger partial charge is 0.241 e. The van der Waals surface area contributed by atoms with Crippen LogP contribution in [0, 0.1) is 5.82 Å². The highest BCUT2D eigenvalue weighted by molar-refractivity contribution is 7.95. The molecule has 2 saturated heterocycles. The number of phenols is 1. The zero-order valence-corrected chi connectivity index (χ0v) is 25.9. The Balaban J connectivity index is 1.25. The second-order valence-electron chi connectivity index (χ2n) is 11.9. The number of rotatable bonds is 9. The maximum Gasteiger partial charge on any atom is 0.241 e. The van der Waals surface area contributed by atoms with E-state index < -0.39 is 70.4 Å². The number of nitrogens with zero attached hydrogens (tertiary/aromatic N) is 1. The van der Waals surface area contributed by atoms with Crippen molar-refractivity contribution < 1.29 is 48.2 Å². The van der Waals surface area contributed by atoms with Gasteiger partial charge >= 0.3 is 0 Å². The number of aliphatic hydroxyl groups is 5. The Morgan fingerprint density at radius 3 is 2.13 bits per heavy atom. The SMILES string of the molecule is O=S1(=O)[C@@H](CC[C@H](O)c2ccc(F)cc2)[C@@H](c2ccc(-c3ccc([C@@H]4O[C@H](CO)[C@@H](O)[C@H](O)[C@H]4O)cc3)cc2O)N1c1ccccc1. The van der Waals surface area contributed by atoms with E-state index in [1.165, 1.54) is 34.6 Å². The van der Waals surface area contributed by atoms with Crippen LogP contribution in [-0.2, 0) is 14.8 Å². The lowest BCUT2D eigenvalue weighted by Gasteiger charge is -2.48. The minimum absolute atomic E-state index is 0.0927. The topological polar surface area (TPSA) is 168 Å². The molecule has 2 fully saturated rings. The number of anilines is 1. The van der Waals surface area contributed by atoms with E-state index in [0.29, 0.717) is 33.5 Å². The van der Waals surface area contributed by atoms with E-state index in [2.05, 4.69) is 0 Å². The molecule has 0 saturated carbocycles. The van der Waals surface area contributed by atoms with E-state index >= 15 is 0 Å². The highest BCUT2D eigenvalue weighted by atomic mass is 32.2. The van der Waals surface area contributed by atoms with E-state index in [-0.39, 0.29) is 18.6 Å². The Kier molecular flexibility index (Phi) is 9.36. The molecule has 2 heterocycles. The summed E-state index contributed by atoms with van der Waals surface area (Å²) in [5.74, 6) is -0.560. The average Bonchev–Trinajstić information content (AvgIpc) is 3.07. The number of aromatic hydroxyl groups is 1. The zero-order chi connectivity index (χ0) is 33.5. The first-order chi connectivity index (χ1) is 22.5. The van der Waals surface area contributed by atoms with Crippen LogP contribution in [0.3, 0.4) is 0 Å². The van der Waals surface area contributed by atoms with Crippen molar-refractivity contribution in [3.63, 3.8) is 0 Å². The lowest BCUT2D eigenvalue weighted by atomic mass is 9.90. The van der Waals surface area contributed by atoms with Gasteiger partial charge in [-0.3, -0.25) is 4.31 Å². The molecule has 248 valence electrons. The molecular weight excluding hydrogens is 629 g/mol. The molecule has 10 nitrogen and oxygen atoms in total. The number of ether oxygens (including phenoxy) is 1. The van der Waals surface area contributed by atoms with E-state index in [1.54, 1.807) is 66.7 Å². The molecular formula is C35H36FNO9S. The average molecular weight is 666 g/mol. The summed E-state index contributed by atoms with van der Waals surface area (Å²) in [6, 6.07) is 25.0. The van der Waals surface area contributed by atoms with Gasteiger partial charge in [-0.2, -0.15) is 0 Å². The molecule has 0 aromatic heterocycles. The monoisotopic (exact) mass is 665 g/mol. The van der Waals surface area contributed by atoms with Crippen molar-refractivity contribution in [3.05, 3.63) is 120 Å². The quantitative estimate of drug-likeness (QED) is 0.157. The summed E-state index contributed by atoms with van der Waals surface area (Å²) >= 11 is 0. The Morgan fingerprint density at radius 2 is 1.49 bits per heavy atom. The molecule has 6 rings (SSSR count). The Morgan fingerprint density at radius 1 is 0.830 bits per heavy atom. The van der Waals surface area contributed by atoms with Crippen LogP contribution in [0.2, 0.25) is 0 Å². The second kappa shape index (κ2) is 13.3. The number of sulfonamides is 1. The van der Waals surface area contributed by atoms with Gasteiger partial charge in [0, 0.05) is 5.56 Å². The highest BCUT2D eigenvalue weighted by Gasteiger charge is 2.55. The predicted molar refractivity (Wildman–Crippen MR) is 171 cm³/mol. The van der Waals surface area contributed by atoms with Gasteiger partial charge in [0.1, 0.15) is 47.3 Å². The molecule has 0 unspecified atom stereocenters. The molecule has 6 N–H and O–H groups in total.